The Morgan fingerprint density at radius 3 is 2.55 bits per heavy atom. The van der Waals surface area contributed by atoms with Crippen LogP contribution in [0.4, 0.5) is 5.82 Å². The SMILES string of the molecule is COc1c(-c2ccc(Oc3ccccc3)cc2)c2c(N)ncnc2n1[C@@H]1CCN(C(=O)/C=C/CN(C)C)C1. The van der Waals surface area contributed by atoms with Gasteiger partial charge in [0.1, 0.15) is 29.3 Å². The normalized spacial score (nSPS) is 15.6. The first-order valence-electron chi connectivity index (χ1n) is 12.6. The Morgan fingerprint density at radius 1 is 1.11 bits per heavy atom. The maximum atomic E-state index is 12.8. The maximum absolute atomic E-state index is 12.8. The molecule has 38 heavy (non-hydrogen) atoms. The number of carbonyl (C=O) groups is 1. The van der Waals surface area contributed by atoms with E-state index in [1.54, 1.807) is 13.2 Å². The summed E-state index contributed by atoms with van der Waals surface area (Å²) in [5, 5.41) is 0.733. The van der Waals surface area contributed by atoms with Gasteiger partial charge in [-0.1, -0.05) is 36.4 Å². The first-order chi connectivity index (χ1) is 18.5. The number of likely N-dealkylation sites (N-methyl/N-ethyl adjacent to an activating group) is 1. The van der Waals surface area contributed by atoms with Gasteiger partial charge in [-0.15, -0.1) is 0 Å². The Labute approximate surface area is 222 Å². The van der Waals surface area contributed by atoms with Gasteiger partial charge in [-0.3, -0.25) is 9.36 Å². The number of hydrogen-bond acceptors (Lipinski definition) is 7. The molecule has 0 unspecified atom stereocenters. The Kier molecular flexibility index (Phi) is 7.28. The number of aromatic nitrogens is 3. The molecule has 196 valence electrons. The number of anilines is 1. The van der Waals surface area contributed by atoms with E-state index in [2.05, 4.69) is 14.5 Å². The van der Waals surface area contributed by atoms with E-state index in [9.17, 15) is 4.79 Å². The highest BCUT2D eigenvalue weighted by Crippen LogP contribution is 2.45. The van der Waals surface area contributed by atoms with E-state index in [4.69, 9.17) is 15.2 Å². The Morgan fingerprint density at radius 2 is 1.84 bits per heavy atom. The largest absolute Gasteiger partial charge is 0.482 e. The van der Waals surface area contributed by atoms with E-state index < -0.39 is 0 Å². The number of likely N-dealkylation sites (tertiary alicyclic amines) is 1. The molecule has 0 spiro atoms. The van der Waals surface area contributed by atoms with E-state index >= 15 is 0 Å². The quantitative estimate of drug-likeness (QED) is 0.350. The number of rotatable bonds is 8. The number of benzene rings is 2. The fourth-order valence-electron chi connectivity index (χ4n) is 4.88. The summed E-state index contributed by atoms with van der Waals surface area (Å²) in [6.45, 7) is 1.92. The highest BCUT2D eigenvalue weighted by Gasteiger charge is 2.32. The number of nitrogens with zero attached hydrogens (tertiary/aromatic N) is 5. The molecular weight excluding hydrogens is 480 g/mol. The van der Waals surface area contributed by atoms with Crippen LogP contribution >= 0.6 is 0 Å². The monoisotopic (exact) mass is 512 g/mol. The maximum Gasteiger partial charge on any atom is 0.246 e. The number of nitrogens with two attached hydrogens (primary N) is 1. The zero-order valence-corrected chi connectivity index (χ0v) is 21.9. The molecular formula is C29H32N6O3. The molecule has 0 bridgehead atoms. The molecule has 1 aliphatic rings. The number of nitrogen functional groups attached to an aromatic ring is 1. The minimum Gasteiger partial charge on any atom is -0.482 e. The third kappa shape index (κ3) is 5.05. The smallest absolute Gasteiger partial charge is 0.246 e. The lowest BCUT2D eigenvalue weighted by atomic mass is 10.1. The van der Waals surface area contributed by atoms with Gasteiger partial charge in [-0.05, 0) is 50.3 Å². The average Bonchev–Trinajstić information content (AvgIpc) is 3.53. The summed E-state index contributed by atoms with van der Waals surface area (Å²) >= 11 is 0. The van der Waals surface area contributed by atoms with Crippen LogP contribution in [0, 0.1) is 0 Å². The van der Waals surface area contributed by atoms with Gasteiger partial charge < -0.3 is 25.0 Å². The number of carbonyl (C=O) groups excluding carboxylic acids is 1. The molecule has 5 rings (SSSR count). The van der Waals surface area contributed by atoms with Crippen molar-refractivity contribution in [3.63, 3.8) is 0 Å². The van der Waals surface area contributed by atoms with E-state index in [0.717, 1.165) is 34.4 Å². The van der Waals surface area contributed by atoms with Crippen LogP contribution in [-0.4, -0.2) is 71.1 Å². The molecule has 0 saturated carbocycles. The number of ether oxygens (including phenoxy) is 2. The number of amides is 1. The summed E-state index contributed by atoms with van der Waals surface area (Å²) in [5.74, 6) is 2.52. The van der Waals surface area contributed by atoms with Crippen molar-refractivity contribution in [2.75, 3.05) is 46.6 Å². The Hall–Kier alpha value is -4.37. The summed E-state index contributed by atoms with van der Waals surface area (Å²) < 4.78 is 14.0. The van der Waals surface area contributed by atoms with Crippen molar-refractivity contribution in [3.05, 3.63) is 73.1 Å². The third-order valence-electron chi connectivity index (χ3n) is 6.65. The molecule has 3 heterocycles. The van der Waals surface area contributed by atoms with Gasteiger partial charge in [0.25, 0.3) is 0 Å². The fraction of sp³-hybridized carbons (Fsp3) is 0.276. The molecule has 2 N–H and O–H groups in total. The molecule has 1 aliphatic heterocycles. The topological polar surface area (TPSA) is 98.7 Å². The van der Waals surface area contributed by atoms with Gasteiger partial charge >= 0.3 is 0 Å². The zero-order valence-electron chi connectivity index (χ0n) is 21.9. The van der Waals surface area contributed by atoms with E-state index in [-0.39, 0.29) is 11.9 Å². The van der Waals surface area contributed by atoms with Crippen LogP contribution in [0.2, 0.25) is 0 Å². The lowest BCUT2D eigenvalue weighted by Gasteiger charge is -2.18. The van der Waals surface area contributed by atoms with E-state index in [1.165, 1.54) is 6.33 Å². The summed E-state index contributed by atoms with van der Waals surface area (Å²) in [6.07, 6.45) is 5.78. The number of methoxy groups -OCH3 is 1. The lowest BCUT2D eigenvalue weighted by molar-refractivity contribution is -0.125. The zero-order chi connectivity index (χ0) is 26.6. The van der Waals surface area contributed by atoms with Crippen LogP contribution in [0.25, 0.3) is 22.2 Å². The van der Waals surface area contributed by atoms with Gasteiger partial charge in [-0.25, -0.2) is 9.97 Å². The van der Waals surface area contributed by atoms with Crippen LogP contribution in [-0.2, 0) is 4.79 Å². The van der Waals surface area contributed by atoms with Crippen molar-refractivity contribution in [2.24, 2.45) is 0 Å². The molecule has 0 radical (unpaired) electrons. The molecule has 4 aromatic rings. The van der Waals surface area contributed by atoms with Crippen LogP contribution < -0.4 is 15.2 Å². The van der Waals surface area contributed by atoms with Crippen molar-refractivity contribution < 1.29 is 14.3 Å². The number of fused-ring (bicyclic) bond motifs is 1. The second kappa shape index (κ2) is 10.9. The highest BCUT2D eigenvalue weighted by molar-refractivity contribution is 6.04. The average molecular weight is 513 g/mol. The molecule has 2 aromatic carbocycles. The van der Waals surface area contributed by atoms with Crippen LogP contribution in [0.5, 0.6) is 17.4 Å². The number of hydrogen-bond donors (Lipinski definition) is 1. The fourth-order valence-corrected chi connectivity index (χ4v) is 4.88. The third-order valence-corrected chi connectivity index (χ3v) is 6.65. The van der Waals surface area contributed by atoms with Crippen molar-refractivity contribution in [2.45, 2.75) is 12.5 Å². The van der Waals surface area contributed by atoms with E-state index in [0.29, 0.717) is 37.0 Å². The molecule has 1 fully saturated rings. The number of para-hydroxylation sites is 1. The molecule has 1 saturated heterocycles. The summed E-state index contributed by atoms with van der Waals surface area (Å²) in [5.41, 5.74) is 8.81. The summed E-state index contributed by atoms with van der Waals surface area (Å²) in [6, 6.07) is 17.4. The first kappa shape index (κ1) is 25.3. The van der Waals surface area contributed by atoms with Crippen molar-refractivity contribution in [1.82, 2.24) is 24.3 Å². The molecule has 2 aromatic heterocycles. The Balaban J connectivity index is 1.48. The molecule has 1 atom stereocenters. The second-order valence-electron chi connectivity index (χ2n) is 9.54. The minimum atomic E-state index is -0.0117. The van der Waals surface area contributed by atoms with Crippen LogP contribution in [0.15, 0.2) is 73.1 Å². The predicted molar refractivity (Wildman–Crippen MR) is 148 cm³/mol. The van der Waals surface area contributed by atoms with E-state index in [1.807, 2.05) is 84.6 Å². The van der Waals surface area contributed by atoms with Crippen LogP contribution in [0.3, 0.4) is 0 Å². The first-order valence-corrected chi connectivity index (χ1v) is 12.6. The summed E-state index contributed by atoms with van der Waals surface area (Å²) in [7, 11) is 5.59. The van der Waals surface area contributed by atoms with Gasteiger partial charge in [0, 0.05) is 25.7 Å². The van der Waals surface area contributed by atoms with Gasteiger partial charge in [0.05, 0.1) is 24.1 Å². The predicted octanol–water partition coefficient (Wildman–Crippen LogP) is 4.37. The molecule has 1 amide bonds. The van der Waals surface area contributed by atoms with Gasteiger partial charge in [-0.2, -0.15) is 0 Å². The van der Waals surface area contributed by atoms with Crippen molar-refractivity contribution >= 4 is 22.8 Å². The standard InChI is InChI=1S/C29H32N6O3/c1-33(2)16-7-10-24(36)34-17-15-21(18-34)35-28-26(27(30)31-19-32-28)25(29(35)37-3)20-11-13-23(14-12-20)38-22-8-5-4-6-9-22/h4-14,19,21H,15-18H2,1-3H3,(H2,30,31,32)/b10-7+/t21-/m1/s1. The second-order valence-corrected chi connectivity index (χ2v) is 9.54. The summed E-state index contributed by atoms with van der Waals surface area (Å²) in [4.78, 5) is 25.5. The molecule has 9 heteroatoms. The van der Waals surface area contributed by atoms with Crippen LogP contribution in [0.1, 0.15) is 12.5 Å². The lowest BCUT2D eigenvalue weighted by Crippen LogP contribution is -2.27. The minimum absolute atomic E-state index is 0.00754. The highest BCUT2D eigenvalue weighted by atomic mass is 16.5. The Bertz CT molecular complexity index is 1450. The van der Waals surface area contributed by atoms with Crippen molar-refractivity contribution in [3.8, 4) is 28.5 Å². The molecule has 9 nitrogen and oxygen atoms in total. The van der Waals surface area contributed by atoms with Gasteiger partial charge in [0.15, 0.2) is 0 Å². The molecule has 0 aliphatic carbocycles. The van der Waals surface area contributed by atoms with Crippen molar-refractivity contribution in [1.29, 1.82) is 0 Å². The van der Waals surface area contributed by atoms with Gasteiger partial charge in [0.2, 0.25) is 11.8 Å².